The number of rotatable bonds is 12. The Morgan fingerprint density at radius 2 is 1.65 bits per heavy atom. The molecule has 1 atom stereocenters. The molecule has 0 radical (unpaired) electrons. The predicted octanol–water partition coefficient (Wildman–Crippen LogP) is 6.48. The summed E-state index contributed by atoms with van der Waals surface area (Å²) in [4.78, 5) is 68.2. The quantitative estimate of drug-likeness (QED) is 0.212. The molecule has 10 nitrogen and oxygen atoms in total. The van der Waals surface area contributed by atoms with E-state index in [1.54, 1.807) is 22.2 Å². The van der Waals surface area contributed by atoms with Gasteiger partial charge in [0.25, 0.3) is 0 Å². The van der Waals surface area contributed by atoms with Crippen LogP contribution in [0.2, 0.25) is 0 Å². The Kier molecular flexibility index (Phi) is 11.4. The van der Waals surface area contributed by atoms with Gasteiger partial charge in [-0.2, -0.15) is 0 Å². The summed E-state index contributed by atoms with van der Waals surface area (Å²) in [5, 5.41) is 9.34. The summed E-state index contributed by atoms with van der Waals surface area (Å²) in [6.45, 7) is 10.8. The number of hydrogen-bond acceptors (Lipinski definition) is 8. The van der Waals surface area contributed by atoms with Crippen molar-refractivity contribution in [3.63, 3.8) is 0 Å². The molecule has 2 saturated heterocycles. The van der Waals surface area contributed by atoms with E-state index in [2.05, 4.69) is 42.6 Å². The predicted molar refractivity (Wildman–Crippen MR) is 199 cm³/mol. The highest BCUT2D eigenvalue weighted by atomic mass is 32.1. The maximum atomic E-state index is 13.6. The van der Waals surface area contributed by atoms with Gasteiger partial charge >= 0.3 is 5.97 Å². The molecule has 2 aliphatic heterocycles. The second-order valence-corrected chi connectivity index (χ2v) is 16.7. The van der Waals surface area contributed by atoms with E-state index in [4.69, 9.17) is 0 Å². The molecule has 6 rings (SSSR count). The number of carboxylic acid groups (broad SMARTS) is 1. The summed E-state index contributed by atoms with van der Waals surface area (Å²) >= 11 is 1.47. The lowest BCUT2D eigenvalue weighted by molar-refractivity contribution is -0.154. The maximum Gasteiger partial charge on any atom is 0.310 e. The molecule has 1 aliphatic carbocycles. The minimum absolute atomic E-state index is 0.0521. The third-order valence-corrected chi connectivity index (χ3v) is 12.4. The minimum Gasteiger partial charge on any atom is -0.481 e. The Morgan fingerprint density at radius 1 is 0.961 bits per heavy atom. The van der Waals surface area contributed by atoms with Crippen molar-refractivity contribution in [1.82, 2.24) is 19.8 Å². The van der Waals surface area contributed by atoms with Gasteiger partial charge in [0, 0.05) is 55.0 Å². The lowest BCUT2D eigenvalue weighted by Crippen LogP contribution is -2.55. The topological polar surface area (TPSA) is 124 Å². The molecular weight excluding hydrogens is 663 g/mol. The highest BCUT2D eigenvalue weighted by Gasteiger charge is 2.39. The maximum absolute atomic E-state index is 13.6. The molecule has 51 heavy (non-hydrogen) atoms. The number of anilines is 1. The molecule has 0 spiro atoms. The molecule has 4 heterocycles. The molecule has 1 aromatic carbocycles. The van der Waals surface area contributed by atoms with Crippen molar-refractivity contribution in [3.8, 4) is 11.4 Å². The zero-order valence-corrected chi connectivity index (χ0v) is 31.2. The van der Waals surface area contributed by atoms with E-state index in [0.29, 0.717) is 41.9 Å². The largest absolute Gasteiger partial charge is 0.481 e. The normalized spacial score (nSPS) is 21.0. The number of ketones is 1. The number of hydrogen-bond donors (Lipinski definition) is 1. The van der Waals surface area contributed by atoms with Crippen molar-refractivity contribution in [2.75, 3.05) is 37.6 Å². The van der Waals surface area contributed by atoms with E-state index in [1.807, 2.05) is 36.4 Å². The summed E-state index contributed by atoms with van der Waals surface area (Å²) < 4.78 is 0. The van der Waals surface area contributed by atoms with Crippen molar-refractivity contribution >= 4 is 40.6 Å². The number of nitrogens with zero attached hydrogens (tertiary/aromatic N) is 5. The third kappa shape index (κ3) is 8.75. The zero-order chi connectivity index (χ0) is 36.3. The van der Waals surface area contributed by atoms with Crippen molar-refractivity contribution in [2.24, 2.45) is 17.8 Å². The first-order valence-electron chi connectivity index (χ1n) is 18.5. The van der Waals surface area contributed by atoms with Gasteiger partial charge in [0.2, 0.25) is 11.8 Å². The summed E-state index contributed by atoms with van der Waals surface area (Å²) in [5.74, 6) is -0.879. The number of Topliss-reactive ketones (excluding diaryl/α,β-unsaturated/α-hetero) is 1. The Labute approximate surface area is 305 Å². The molecule has 3 fully saturated rings. The number of carbonyl (C=O) groups excluding carboxylic acids is 3. The third-order valence-electron chi connectivity index (χ3n) is 10.9. The SMILES string of the molecule is CCCC1CCC(N2CCN(c3cnc(-c4ccc(CC(CC(=O)c5ccc(C(C)(C)C)s5)C(=O)N5CC(C(=O)O)C5)cc4)nc3)C(=O)C2)CC1. The van der Waals surface area contributed by atoms with Gasteiger partial charge in [-0.15, -0.1) is 11.3 Å². The molecule has 272 valence electrons. The van der Waals surface area contributed by atoms with Crippen LogP contribution in [0.3, 0.4) is 0 Å². The van der Waals surface area contributed by atoms with Crippen LogP contribution < -0.4 is 4.90 Å². The number of carbonyl (C=O) groups is 4. The lowest BCUT2D eigenvalue weighted by atomic mass is 9.83. The Hall–Kier alpha value is -3.96. The molecule has 11 heteroatoms. The van der Waals surface area contributed by atoms with E-state index in [1.165, 1.54) is 49.9 Å². The van der Waals surface area contributed by atoms with Crippen LogP contribution in [-0.4, -0.2) is 87.2 Å². The van der Waals surface area contributed by atoms with Gasteiger partial charge in [-0.1, -0.05) is 64.8 Å². The lowest BCUT2D eigenvalue weighted by Gasteiger charge is -2.41. The number of aromatic nitrogens is 2. The number of thiophene rings is 1. The molecule has 1 N–H and O–H groups in total. The van der Waals surface area contributed by atoms with Crippen molar-refractivity contribution in [2.45, 2.75) is 90.5 Å². The van der Waals surface area contributed by atoms with Crippen LogP contribution in [0.4, 0.5) is 5.69 Å². The molecule has 2 amide bonds. The Balaban J connectivity index is 1.08. The molecule has 3 aliphatic rings. The van der Waals surface area contributed by atoms with Gasteiger partial charge in [0.05, 0.1) is 35.4 Å². The van der Waals surface area contributed by atoms with E-state index in [0.717, 1.165) is 28.5 Å². The zero-order valence-electron chi connectivity index (χ0n) is 30.3. The fourth-order valence-corrected chi connectivity index (χ4v) is 8.71. The van der Waals surface area contributed by atoms with Crippen molar-refractivity contribution in [3.05, 3.63) is 64.1 Å². The highest BCUT2D eigenvalue weighted by Crippen LogP contribution is 2.33. The van der Waals surface area contributed by atoms with Crippen LogP contribution >= 0.6 is 11.3 Å². The number of carboxylic acids is 1. The first-order chi connectivity index (χ1) is 24.4. The van der Waals surface area contributed by atoms with Gasteiger partial charge in [0.1, 0.15) is 0 Å². The van der Waals surface area contributed by atoms with Crippen LogP contribution in [0, 0.1) is 17.8 Å². The molecule has 1 unspecified atom stereocenters. The van der Waals surface area contributed by atoms with Crippen molar-refractivity contribution in [1.29, 1.82) is 0 Å². The first-order valence-corrected chi connectivity index (χ1v) is 19.3. The highest BCUT2D eigenvalue weighted by molar-refractivity contribution is 7.14. The van der Waals surface area contributed by atoms with Crippen LogP contribution in [-0.2, 0) is 26.2 Å². The number of piperazine rings is 1. The van der Waals surface area contributed by atoms with Gasteiger partial charge in [-0.25, -0.2) is 9.97 Å². The van der Waals surface area contributed by atoms with Crippen LogP contribution in [0.1, 0.15) is 92.8 Å². The Morgan fingerprint density at radius 3 is 2.24 bits per heavy atom. The summed E-state index contributed by atoms with van der Waals surface area (Å²) in [6, 6.07) is 12.0. The first kappa shape index (κ1) is 36.8. The average molecular weight is 714 g/mol. The smallest absolute Gasteiger partial charge is 0.310 e. The van der Waals surface area contributed by atoms with E-state index in [9.17, 15) is 24.3 Å². The van der Waals surface area contributed by atoms with Gasteiger partial charge in [0.15, 0.2) is 11.6 Å². The van der Waals surface area contributed by atoms with E-state index in [-0.39, 0.29) is 42.5 Å². The molecule has 0 bridgehead atoms. The van der Waals surface area contributed by atoms with Crippen LogP contribution in [0.5, 0.6) is 0 Å². The van der Waals surface area contributed by atoms with Crippen molar-refractivity contribution < 1.29 is 24.3 Å². The van der Waals surface area contributed by atoms with Gasteiger partial charge < -0.3 is 14.9 Å². The second kappa shape index (κ2) is 15.7. The number of benzene rings is 1. The Bertz CT molecular complexity index is 1700. The molecule has 1 saturated carbocycles. The van der Waals surface area contributed by atoms with E-state index >= 15 is 0 Å². The minimum atomic E-state index is -0.907. The number of likely N-dealkylation sites (tertiary alicyclic amines) is 1. The van der Waals surface area contributed by atoms with Gasteiger partial charge in [-0.05, 0) is 61.1 Å². The number of aliphatic carboxylic acids is 1. The van der Waals surface area contributed by atoms with Crippen LogP contribution in [0.25, 0.3) is 11.4 Å². The van der Waals surface area contributed by atoms with Crippen LogP contribution in [0.15, 0.2) is 48.8 Å². The summed E-state index contributed by atoms with van der Waals surface area (Å²) in [7, 11) is 0. The monoisotopic (exact) mass is 713 g/mol. The van der Waals surface area contributed by atoms with Gasteiger partial charge in [-0.3, -0.25) is 24.1 Å². The molecular formula is C40H51N5O5S. The summed E-state index contributed by atoms with van der Waals surface area (Å²) in [6.07, 6.45) is 11.3. The fraction of sp³-hybridized carbons (Fsp3) is 0.550. The second-order valence-electron chi connectivity index (χ2n) is 15.7. The molecule has 2 aromatic heterocycles. The summed E-state index contributed by atoms with van der Waals surface area (Å²) in [5.41, 5.74) is 2.32. The number of amides is 2. The van der Waals surface area contributed by atoms with E-state index < -0.39 is 17.8 Å². The molecule has 3 aromatic rings. The standard InChI is InChI=1S/C40H51N5O5S/c1-5-6-26-9-13-31(14-10-26)43-17-18-45(36(47)25-43)32-21-41-37(42-22-32)28-11-7-27(8-12-28)19-29(38(48)44-23-30(24-44)39(49)50)20-33(46)34-15-16-35(51-34)40(2,3)4/h7-8,11-12,15-16,21-22,26,29-31H,5-6,9-10,13-14,17-20,23-25H2,1-4H3,(H,49,50). The fourth-order valence-electron chi connectivity index (χ4n) is 7.70. The average Bonchev–Trinajstić information content (AvgIpc) is 3.60.